The number of rotatable bonds is 4. The van der Waals surface area contributed by atoms with Gasteiger partial charge in [0.2, 0.25) is 0 Å². The average molecular weight is 308 g/mol. The predicted molar refractivity (Wildman–Crippen MR) is 91.0 cm³/mol. The number of nitrogens with zero attached hydrogens (tertiary/aromatic N) is 2. The molecule has 3 nitrogen and oxygen atoms in total. The maximum Gasteiger partial charge on any atom is 0.0570 e. The van der Waals surface area contributed by atoms with E-state index in [0.29, 0.717) is 12.1 Å². The first kappa shape index (κ1) is 15.5. The van der Waals surface area contributed by atoms with Gasteiger partial charge in [-0.2, -0.15) is 0 Å². The topological polar surface area (TPSA) is 18.5 Å². The van der Waals surface area contributed by atoms with Gasteiger partial charge >= 0.3 is 0 Å². The quantitative estimate of drug-likeness (QED) is 0.922. The summed E-state index contributed by atoms with van der Waals surface area (Å²) in [5.41, 5.74) is 0. The standard InChI is InChI=1S/C17H29N3S/c1-15-13-20(11-8-18-15)16(17-7-6-12-21-17)14-19-9-4-2-3-5-10-19/h6-7,12,15-16,18H,2-5,8-11,13-14H2,1H3. The van der Waals surface area contributed by atoms with Gasteiger partial charge < -0.3 is 10.2 Å². The molecule has 21 heavy (non-hydrogen) atoms. The Hall–Kier alpha value is -0.420. The van der Waals surface area contributed by atoms with E-state index in [0.717, 1.165) is 6.54 Å². The van der Waals surface area contributed by atoms with E-state index in [-0.39, 0.29) is 0 Å². The summed E-state index contributed by atoms with van der Waals surface area (Å²) < 4.78 is 0. The molecule has 0 bridgehead atoms. The van der Waals surface area contributed by atoms with Gasteiger partial charge in [0, 0.05) is 37.1 Å². The lowest BCUT2D eigenvalue weighted by molar-refractivity contribution is 0.112. The summed E-state index contributed by atoms with van der Waals surface area (Å²) in [5, 5.41) is 5.81. The van der Waals surface area contributed by atoms with E-state index >= 15 is 0 Å². The summed E-state index contributed by atoms with van der Waals surface area (Å²) >= 11 is 1.93. The largest absolute Gasteiger partial charge is 0.312 e. The van der Waals surface area contributed by atoms with Gasteiger partial charge in [0.1, 0.15) is 0 Å². The van der Waals surface area contributed by atoms with Gasteiger partial charge in [0.15, 0.2) is 0 Å². The van der Waals surface area contributed by atoms with Crippen LogP contribution >= 0.6 is 11.3 Å². The van der Waals surface area contributed by atoms with Crippen LogP contribution in [0.3, 0.4) is 0 Å². The monoisotopic (exact) mass is 307 g/mol. The van der Waals surface area contributed by atoms with Gasteiger partial charge in [-0.25, -0.2) is 0 Å². The molecule has 4 heteroatoms. The summed E-state index contributed by atoms with van der Waals surface area (Å²) in [7, 11) is 0. The van der Waals surface area contributed by atoms with Crippen LogP contribution in [0.5, 0.6) is 0 Å². The second-order valence-electron chi connectivity index (χ2n) is 6.60. The fourth-order valence-corrected chi connectivity index (χ4v) is 4.53. The molecule has 1 aromatic rings. The molecular formula is C17H29N3S. The number of hydrogen-bond acceptors (Lipinski definition) is 4. The second kappa shape index (κ2) is 7.73. The molecule has 2 saturated heterocycles. The lowest BCUT2D eigenvalue weighted by atomic mass is 10.1. The fourth-order valence-electron chi connectivity index (χ4n) is 3.67. The molecule has 3 rings (SSSR count). The third kappa shape index (κ3) is 4.28. The Morgan fingerprint density at radius 3 is 2.71 bits per heavy atom. The van der Waals surface area contributed by atoms with E-state index in [1.54, 1.807) is 4.88 Å². The maximum absolute atomic E-state index is 3.57. The Kier molecular flexibility index (Phi) is 5.69. The normalized spacial score (nSPS) is 27.4. The van der Waals surface area contributed by atoms with Crippen LogP contribution in [-0.2, 0) is 0 Å². The van der Waals surface area contributed by atoms with Gasteiger partial charge in [0.25, 0.3) is 0 Å². The highest BCUT2D eigenvalue weighted by atomic mass is 32.1. The van der Waals surface area contributed by atoms with Crippen molar-refractivity contribution >= 4 is 11.3 Å². The van der Waals surface area contributed by atoms with Gasteiger partial charge in [-0.05, 0) is 44.3 Å². The summed E-state index contributed by atoms with van der Waals surface area (Å²) in [4.78, 5) is 6.97. The van der Waals surface area contributed by atoms with Gasteiger partial charge in [0.05, 0.1) is 6.04 Å². The molecule has 2 unspecified atom stereocenters. The van der Waals surface area contributed by atoms with Crippen molar-refractivity contribution in [3.63, 3.8) is 0 Å². The van der Waals surface area contributed by atoms with Crippen LogP contribution in [0, 0.1) is 0 Å². The molecule has 0 saturated carbocycles. The van der Waals surface area contributed by atoms with Crippen molar-refractivity contribution in [1.82, 2.24) is 15.1 Å². The van der Waals surface area contributed by atoms with Crippen molar-refractivity contribution in [2.45, 2.75) is 44.7 Å². The summed E-state index contributed by atoms with van der Waals surface area (Å²) in [5.74, 6) is 0. The highest BCUT2D eigenvalue weighted by molar-refractivity contribution is 7.10. The summed E-state index contributed by atoms with van der Waals surface area (Å²) in [6, 6.07) is 5.75. The van der Waals surface area contributed by atoms with E-state index < -0.39 is 0 Å². The average Bonchev–Trinajstić information content (AvgIpc) is 2.89. The molecule has 3 heterocycles. The number of likely N-dealkylation sites (tertiary alicyclic amines) is 1. The van der Waals surface area contributed by atoms with Crippen LogP contribution in [0.2, 0.25) is 0 Å². The Labute approximate surface area is 133 Å². The molecule has 2 aliphatic rings. The zero-order valence-electron chi connectivity index (χ0n) is 13.3. The highest BCUT2D eigenvalue weighted by Crippen LogP contribution is 2.28. The number of piperazine rings is 1. The minimum absolute atomic E-state index is 0.590. The van der Waals surface area contributed by atoms with Crippen LogP contribution < -0.4 is 5.32 Å². The van der Waals surface area contributed by atoms with Crippen LogP contribution in [0.1, 0.15) is 43.5 Å². The zero-order chi connectivity index (χ0) is 14.5. The Bertz CT molecular complexity index is 398. The third-order valence-corrected chi connectivity index (χ3v) is 5.82. The first-order valence-corrected chi connectivity index (χ1v) is 9.44. The van der Waals surface area contributed by atoms with Crippen LogP contribution in [0.4, 0.5) is 0 Å². The smallest absolute Gasteiger partial charge is 0.0570 e. The molecule has 1 N–H and O–H groups in total. The minimum Gasteiger partial charge on any atom is -0.312 e. The van der Waals surface area contributed by atoms with Crippen molar-refractivity contribution in [3.8, 4) is 0 Å². The van der Waals surface area contributed by atoms with E-state index in [4.69, 9.17) is 0 Å². The Balaban J connectivity index is 1.69. The molecule has 0 spiro atoms. The molecule has 2 fully saturated rings. The summed E-state index contributed by atoms with van der Waals surface area (Å²) in [6.07, 6.45) is 5.61. The van der Waals surface area contributed by atoms with Crippen molar-refractivity contribution < 1.29 is 0 Å². The minimum atomic E-state index is 0.590. The van der Waals surface area contributed by atoms with E-state index in [1.165, 1.54) is 58.4 Å². The highest BCUT2D eigenvalue weighted by Gasteiger charge is 2.27. The van der Waals surface area contributed by atoms with Crippen molar-refractivity contribution in [3.05, 3.63) is 22.4 Å². The summed E-state index contributed by atoms with van der Waals surface area (Å²) in [6.45, 7) is 9.60. The molecule has 118 valence electrons. The maximum atomic E-state index is 3.57. The molecule has 1 aromatic heterocycles. The van der Waals surface area contributed by atoms with Gasteiger partial charge in [-0.3, -0.25) is 4.90 Å². The number of nitrogens with one attached hydrogen (secondary N) is 1. The van der Waals surface area contributed by atoms with Crippen molar-refractivity contribution in [2.24, 2.45) is 0 Å². The molecule has 2 atom stereocenters. The van der Waals surface area contributed by atoms with E-state index in [9.17, 15) is 0 Å². The molecule has 0 radical (unpaired) electrons. The number of hydrogen-bond donors (Lipinski definition) is 1. The SMILES string of the molecule is CC1CN(C(CN2CCCCCC2)c2cccs2)CCN1. The first-order chi connectivity index (χ1) is 10.3. The van der Waals surface area contributed by atoms with Gasteiger partial charge in [-0.1, -0.05) is 18.9 Å². The van der Waals surface area contributed by atoms with Crippen molar-refractivity contribution in [2.75, 3.05) is 39.3 Å². The first-order valence-electron chi connectivity index (χ1n) is 8.56. The van der Waals surface area contributed by atoms with Crippen LogP contribution in [0.25, 0.3) is 0 Å². The molecule has 0 amide bonds. The zero-order valence-corrected chi connectivity index (χ0v) is 14.1. The third-order valence-electron chi connectivity index (χ3n) is 4.84. The molecule has 0 aliphatic carbocycles. The van der Waals surface area contributed by atoms with Crippen molar-refractivity contribution in [1.29, 1.82) is 0 Å². The second-order valence-corrected chi connectivity index (χ2v) is 7.58. The number of thiophene rings is 1. The lowest BCUT2D eigenvalue weighted by Gasteiger charge is -2.39. The lowest BCUT2D eigenvalue weighted by Crippen LogP contribution is -2.52. The molecule has 2 aliphatic heterocycles. The van der Waals surface area contributed by atoms with E-state index in [1.807, 2.05) is 11.3 Å². The predicted octanol–water partition coefficient (Wildman–Crippen LogP) is 2.96. The Morgan fingerprint density at radius 1 is 1.24 bits per heavy atom. The van der Waals surface area contributed by atoms with Gasteiger partial charge in [-0.15, -0.1) is 11.3 Å². The fraction of sp³-hybridized carbons (Fsp3) is 0.765. The molecular weight excluding hydrogens is 278 g/mol. The molecule has 0 aromatic carbocycles. The van der Waals surface area contributed by atoms with E-state index in [2.05, 4.69) is 39.6 Å². The van der Waals surface area contributed by atoms with Crippen LogP contribution in [0.15, 0.2) is 17.5 Å². The Morgan fingerprint density at radius 2 is 2.05 bits per heavy atom. The van der Waals surface area contributed by atoms with Crippen LogP contribution in [-0.4, -0.2) is 55.1 Å².